The number of hydrogen-bond acceptors (Lipinski definition) is 4. The molecular formula is C13H21F2N3O. The molecule has 0 aliphatic heterocycles. The van der Waals surface area contributed by atoms with Crippen molar-refractivity contribution in [2.75, 3.05) is 30.4 Å². The van der Waals surface area contributed by atoms with Crippen LogP contribution in [0.5, 0.6) is 0 Å². The van der Waals surface area contributed by atoms with Gasteiger partial charge in [-0.1, -0.05) is 13.8 Å². The van der Waals surface area contributed by atoms with Crippen LogP contribution in [-0.4, -0.2) is 36.3 Å². The maximum Gasteiger partial charge on any atom is 0.168 e. The van der Waals surface area contributed by atoms with Crippen molar-refractivity contribution in [3.8, 4) is 0 Å². The number of hydrogen-bond donors (Lipinski definition) is 2. The molecule has 4 nitrogen and oxygen atoms in total. The number of nitrogens with one attached hydrogen (secondary N) is 1. The molecular weight excluding hydrogens is 252 g/mol. The Kier molecular flexibility index (Phi) is 5.95. The largest absolute Gasteiger partial charge is 0.395 e. The van der Waals surface area contributed by atoms with Gasteiger partial charge < -0.3 is 15.3 Å². The van der Waals surface area contributed by atoms with Crippen LogP contribution >= 0.6 is 0 Å². The van der Waals surface area contributed by atoms with E-state index in [1.54, 1.807) is 4.90 Å². The summed E-state index contributed by atoms with van der Waals surface area (Å²) in [7, 11) is 1.53. The first-order valence-electron chi connectivity index (χ1n) is 6.50. The minimum atomic E-state index is -0.725. The lowest BCUT2D eigenvalue weighted by Crippen LogP contribution is -2.38. The quantitative estimate of drug-likeness (QED) is 0.801. The SMILES string of the molecule is CCC(CC)N(CCO)c1nc(NC)c(F)cc1F. The molecule has 0 spiro atoms. The van der Waals surface area contributed by atoms with E-state index in [-0.39, 0.29) is 30.8 Å². The van der Waals surface area contributed by atoms with E-state index in [0.29, 0.717) is 0 Å². The molecule has 0 bridgehead atoms. The average Bonchev–Trinajstić information content (AvgIpc) is 2.39. The number of aliphatic hydroxyl groups excluding tert-OH is 1. The van der Waals surface area contributed by atoms with Gasteiger partial charge in [0.2, 0.25) is 0 Å². The summed E-state index contributed by atoms with van der Waals surface area (Å²) < 4.78 is 27.3. The van der Waals surface area contributed by atoms with Gasteiger partial charge in [-0.05, 0) is 12.8 Å². The van der Waals surface area contributed by atoms with Crippen molar-refractivity contribution >= 4 is 11.6 Å². The lowest BCUT2D eigenvalue weighted by atomic mass is 10.1. The van der Waals surface area contributed by atoms with Crippen LogP contribution in [0.15, 0.2) is 6.07 Å². The molecule has 1 aromatic heterocycles. The third kappa shape index (κ3) is 3.53. The summed E-state index contributed by atoms with van der Waals surface area (Å²) in [5.74, 6) is -1.35. The summed E-state index contributed by atoms with van der Waals surface area (Å²) in [4.78, 5) is 5.67. The molecule has 1 rings (SSSR count). The van der Waals surface area contributed by atoms with E-state index in [2.05, 4.69) is 10.3 Å². The van der Waals surface area contributed by atoms with E-state index in [0.717, 1.165) is 18.9 Å². The molecule has 2 N–H and O–H groups in total. The molecule has 1 aromatic rings. The van der Waals surface area contributed by atoms with Crippen molar-refractivity contribution in [1.29, 1.82) is 0 Å². The van der Waals surface area contributed by atoms with E-state index in [1.165, 1.54) is 7.05 Å². The molecule has 19 heavy (non-hydrogen) atoms. The van der Waals surface area contributed by atoms with Crippen LogP contribution in [0.25, 0.3) is 0 Å². The van der Waals surface area contributed by atoms with Crippen LogP contribution in [0.2, 0.25) is 0 Å². The Morgan fingerprint density at radius 3 is 2.42 bits per heavy atom. The maximum atomic E-state index is 13.9. The van der Waals surface area contributed by atoms with Crippen molar-refractivity contribution in [3.63, 3.8) is 0 Å². The lowest BCUT2D eigenvalue weighted by molar-refractivity contribution is 0.295. The number of pyridine rings is 1. The van der Waals surface area contributed by atoms with Crippen LogP contribution in [0.3, 0.4) is 0 Å². The Labute approximate surface area is 112 Å². The number of nitrogens with zero attached hydrogens (tertiary/aromatic N) is 2. The lowest BCUT2D eigenvalue weighted by Gasteiger charge is -2.31. The highest BCUT2D eigenvalue weighted by Gasteiger charge is 2.22. The highest BCUT2D eigenvalue weighted by atomic mass is 19.1. The van der Waals surface area contributed by atoms with Gasteiger partial charge in [0.25, 0.3) is 0 Å². The van der Waals surface area contributed by atoms with Crippen LogP contribution in [0.4, 0.5) is 20.4 Å². The van der Waals surface area contributed by atoms with Crippen molar-refractivity contribution in [1.82, 2.24) is 4.98 Å². The van der Waals surface area contributed by atoms with Gasteiger partial charge in [-0.15, -0.1) is 0 Å². The van der Waals surface area contributed by atoms with Gasteiger partial charge in [0.05, 0.1) is 6.61 Å². The van der Waals surface area contributed by atoms with E-state index < -0.39 is 11.6 Å². The predicted octanol–water partition coefficient (Wildman–Crippen LogP) is 2.39. The number of halogens is 2. The minimum Gasteiger partial charge on any atom is -0.395 e. The predicted molar refractivity (Wildman–Crippen MR) is 72.5 cm³/mol. The van der Waals surface area contributed by atoms with Gasteiger partial charge in [-0.3, -0.25) is 0 Å². The van der Waals surface area contributed by atoms with Gasteiger partial charge in [0, 0.05) is 25.7 Å². The summed E-state index contributed by atoms with van der Waals surface area (Å²) >= 11 is 0. The summed E-state index contributed by atoms with van der Waals surface area (Å²) in [5.41, 5.74) is 0. The van der Waals surface area contributed by atoms with Gasteiger partial charge in [-0.2, -0.15) is 0 Å². The van der Waals surface area contributed by atoms with E-state index in [1.807, 2.05) is 13.8 Å². The summed E-state index contributed by atoms with van der Waals surface area (Å²) in [6.45, 7) is 4.13. The molecule has 0 saturated heterocycles. The highest BCUT2D eigenvalue weighted by molar-refractivity contribution is 5.49. The summed E-state index contributed by atoms with van der Waals surface area (Å²) in [6, 6.07) is 0.880. The van der Waals surface area contributed by atoms with Crippen LogP contribution in [0.1, 0.15) is 26.7 Å². The summed E-state index contributed by atoms with van der Waals surface area (Å²) in [5, 5.41) is 11.7. The topological polar surface area (TPSA) is 48.4 Å². The van der Waals surface area contributed by atoms with Gasteiger partial charge in [0.1, 0.15) is 0 Å². The molecule has 0 aromatic carbocycles. The summed E-state index contributed by atoms with van der Waals surface area (Å²) in [6.07, 6.45) is 1.59. The molecule has 6 heteroatoms. The molecule has 1 heterocycles. The van der Waals surface area contributed by atoms with E-state index in [9.17, 15) is 8.78 Å². The second-order valence-corrected chi connectivity index (χ2v) is 4.26. The van der Waals surface area contributed by atoms with Crippen LogP contribution < -0.4 is 10.2 Å². The van der Waals surface area contributed by atoms with Crippen LogP contribution in [0, 0.1) is 11.6 Å². The van der Waals surface area contributed by atoms with Crippen molar-refractivity contribution < 1.29 is 13.9 Å². The molecule has 108 valence electrons. The Hall–Kier alpha value is -1.43. The van der Waals surface area contributed by atoms with Crippen LogP contribution in [-0.2, 0) is 0 Å². The minimum absolute atomic E-state index is 0.00490. The van der Waals surface area contributed by atoms with E-state index in [4.69, 9.17) is 5.11 Å². The second-order valence-electron chi connectivity index (χ2n) is 4.26. The first kappa shape index (κ1) is 15.6. The Bertz CT molecular complexity index is 411. The first-order valence-corrected chi connectivity index (χ1v) is 6.50. The van der Waals surface area contributed by atoms with Crippen molar-refractivity contribution in [3.05, 3.63) is 17.7 Å². The zero-order chi connectivity index (χ0) is 14.4. The Balaban J connectivity index is 3.21. The zero-order valence-electron chi connectivity index (χ0n) is 11.6. The van der Waals surface area contributed by atoms with Gasteiger partial charge in [-0.25, -0.2) is 13.8 Å². The van der Waals surface area contributed by atoms with Gasteiger partial charge >= 0.3 is 0 Å². The molecule has 0 fully saturated rings. The van der Waals surface area contributed by atoms with Crippen molar-refractivity contribution in [2.24, 2.45) is 0 Å². The van der Waals surface area contributed by atoms with E-state index >= 15 is 0 Å². The normalized spacial score (nSPS) is 10.9. The first-order chi connectivity index (χ1) is 9.08. The third-order valence-corrected chi connectivity index (χ3v) is 3.14. The fraction of sp³-hybridized carbons (Fsp3) is 0.615. The Morgan fingerprint density at radius 1 is 1.32 bits per heavy atom. The smallest absolute Gasteiger partial charge is 0.168 e. The third-order valence-electron chi connectivity index (χ3n) is 3.14. The monoisotopic (exact) mass is 273 g/mol. The number of anilines is 2. The second kappa shape index (κ2) is 7.23. The molecule has 0 unspecified atom stereocenters. The zero-order valence-corrected chi connectivity index (χ0v) is 11.6. The molecule has 0 saturated carbocycles. The standard InChI is InChI=1S/C13H21F2N3O/c1-4-9(5-2)18(6-7-19)13-11(15)8-10(14)12(16-3)17-13/h8-9,19H,4-7H2,1-3H3,(H,16,17). The maximum absolute atomic E-state index is 13.9. The highest BCUT2D eigenvalue weighted by Crippen LogP contribution is 2.25. The molecule has 0 atom stereocenters. The molecule has 0 aliphatic rings. The molecule has 0 radical (unpaired) electrons. The van der Waals surface area contributed by atoms with Crippen molar-refractivity contribution in [2.45, 2.75) is 32.7 Å². The fourth-order valence-electron chi connectivity index (χ4n) is 2.13. The fourth-order valence-corrected chi connectivity index (χ4v) is 2.13. The molecule has 0 aliphatic carbocycles. The van der Waals surface area contributed by atoms with Gasteiger partial charge in [0.15, 0.2) is 23.3 Å². The number of aliphatic hydroxyl groups is 1. The number of rotatable bonds is 7. The molecule has 0 amide bonds. The average molecular weight is 273 g/mol. The Morgan fingerprint density at radius 2 is 1.95 bits per heavy atom. The number of aromatic nitrogens is 1.